The third-order valence-corrected chi connectivity index (χ3v) is 3.96. The smallest absolute Gasteiger partial charge is 0.274 e. The van der Waals surface area contributed by atoms with Crippen LogP contribution in [-0.4, -0.2) is 29.0 Å². The van der Waals surface area contributed by atoms with E-state index in [-0.39, 0.29) is 11.1 Å². The number of nitrogens with zero attached hydrogens (tertiary/aromatic N) is 3. The lowest BCUT2D eigenvalue weighted by Crippen LogP contribution is -2.14. The molecule has 0 amide bonds. The summed E-state index contributed by atoms with van der Waals surface area (Å²) in [6, 6.07) is 0.983. The first-order chi connectivity index (χ1) is 9.30. The number of hydrogen-bond acceptors (Lipinski definition) is 4. The Hall–Kier alpha value is -1.28. The van der Waals surface area contributed by atoms with Gasteiger partial charge in [-0.1, -0.05) is 20.8 Å². The maximum absolute atomic E-state index is 13.3. The van der Waals surface area contributed by atoms with Gasteiger partial charge in [-0.25, -0.2) is 18.4 Å². The van der Waals surface area contributed by atoms with Gasteiger partial charge < -0.3 is 0 Å². The number of sulfone groups is 1. The highest BCUT2D eigenvalue weighted by Crippen LogP contribution is 2.33. The Morgan fingerprint density at radius 3 is 2.19 bits per heavy atom. The zero-order valence-corrected chi connectivity index (χ0v) is 13.4. The van der Waals surface area contributed by atoms with E-state index in [2.05, 4.69) is 9.97 Å². The predicted octanol–water partition coefficient (Wildman–Crippen LogP) is 2.72. The second-order valence-corrected chi connectivity index (χ2v) is 8.18. The minimum atomic E-state index is -3.82. The zero-order chi connectivity index (χ0) is 16.2. The molecule has 0 fully saturated rings. The van der Waals surface area contributed by atoms with E-state index in [4.69, 9.17) is 11.6 Å². The number of halogens is 3. The highest BCUT2D eigenvalue weighted by Gasteiger charge is 2.33. The first-order valence-corrected chi connectivity index (χ1v) is 8.25. The molecule has 0 atom stereocenters. The lowest BCUT2D eigenvalue weighted by Gasteiger charge is -2.13. The molecule has 0 bridgehead atoms. The molecule has 2 rings (SSSR count). The number of fused-ring (bicyclic) bond motifs is 1. The third kappa shape index (κ3) is 3.16. The van der Waals surface area contributed by atoms with Crippen LogP contribution in [0.2, 0.25) is 0 Å². The van der Waals surface area contributed by atoms with Crippen LogP contribution in [0.15, 0.2) is 17.4 Å². The summed E-state index contributed by atoms with van der Waals surface area (Å²) in [5.41, 5.74) is -0.595. The Morgan fingerprint density at radius 1 is 1.19 bits per heavy atom. The molecular weight excluding hydrogens is 324 g/mol. The van der Waals surface area contributed by atoms with Crippen molar-refractivity contribution in [3.8, 4) is 0 Å². The Kier molecular flexibility index (Phi) is 3.53. The van der Waals surface area contributed by atoms with Crippen LogP contribution in [0.3, 0.4) is 0 Å². The van der Waals surface area contributed by atoms with Crippen molar-refractivity contribution in [3.63, 3.8) is 0 Å². The highest BCUT2D eigenvalue weighted by atomic mass is 35.5. The lowest BCUT2D eigenvalue weighted by molar-refractivity contribution is 0.0890. The molecule has 0 saturated carbocycles. The molecule has 21 heavy (non-hydrogen) atoms. The van der Waals surface area contributed by atoms with E-state index < -0.39 is 26.1 Å². The minimum absolute atomic E-state index is 0.0608. The van der Waals surface area contributed by atoms with Crippen molar-refractivity contribution in [1.82, 2.24) is 14.4 Å². The van der Waals surface area contributed by atoms with Gasteiger partial charge in [0.1, 0.15) is 11.3 Å². The normalized spacial score (nSPS) is 13.9. The van der Waals surface area contributed by atoms with E-state index >= 15 is 0 Å². The van der Waals surface area contributed by atoms with Gasteiger partial charge in [-0.2, -0.15) is 8.78 Å². The summed E-state index contributed by atoms with van der Waals surface area (Å²) in [5.74, 6) is 0. The zero-order valence-electron chi connectivity index (χ0n) is 11.9. The first-order valence-electron chi connectivity index (χ1n) is 5.98. The Balaban J connectivity index is 2.88. The molecule has 0 radical (unpaired) electrons. The standard InChI is InChI=1S/C12H14ClF2N3O2S/c1-11(2,3)8-6-18-9(16-8)5-7(12(13,14)15)17-10(18)21(4,19)20/h5-6H,1-4H3. The van der Waals surface area contributed by atoms with Gasteiger partial charge >= 0.3 is 5.38 Å². The van der Waals surface area contributed by atoms with Gasteiger partial charge in [0.15, 0.2) is 0 Å². The summed E-state index contributed by atoms with van der Waals surface area (Å²) >= 11 is 4.95. The van der Waals surface area contributed by atoms with Gasteiger partial charge in [0.05, 0.1) is 5.69 Å². The second-order valence-electron chi connectivity index (χ2n) is 5.80. The first kappa shape index (κ1) is 16.1. The average Bonchev–Trinajstić information content (AvgIpc) is 2.67. The summed E-state index contributed by atoms with van der Waals surface area (Å²) in [6.45, 7) is 5.62. The molecule has 2 aromatic rings. The number of imidazole rings is 1. The summed E-state index contributed by atoms with van der Waals surface area (Å²) in [7, 11) is -3.82. The van der Waals surface area contributed by atoms with Gasteiger partial charge in [0, 0.05) is 23.9 Å². The molecule has 0 aliphatic rings. The maximum Gasteiger partial charge on any atom is 0.365 e. The van der Waals surface area contributed by atoms with Crippen LogP contribution in [0, 0.1) is 0 Å². The summed E-state index contributed by atoms with van der Waals surface area (Å²) < 4.78 is 51.3. The molecule has 0 spiro atoms. The van der Waals surface area contributed by atoms with E-state index in [1.54, 1.807) is 0 Å². The molecule has 5 nitrogen and oxygen atoms in total. The number of aromatic nitrogens is 3. The van der Waals surface area contributed by atoms with Crippen LogP contribution in [0.4, 0.5) is 8.78 Å². The molecule has 0 aromatic carbocycles. The van der Waals surface area contributed by atoms with Crippen molar-refractivity contribution in [2.45, 2.75) is 36.7 Å². The van der Waals surface area contributed by atoms with Gasteiger partial charge in [0.25, 0.3) is 0 Å². The fourth-order valence-corrected chi connectivity index (χ4v) is 2.59. The maximum atomic E-state index is 13.3. The molecule has 0 aliphatic carbocycles. The van der Waals surface area contributed by atoms with E-state index in [0.717, 1.165) is 12.3 Å². The average molecular weight is 338 g/mol. The molecule has 2 aromatic heterocycles. The van der Waals surface area contributed by atoms with Crippen molar-refractivity contribution in [3.05, 3.63) is 23.7 Å². The molecule has 116 valence electrons. The molecule has 0 saturated heterocycles. The largest absolute Gasteiger partial charge is 0.365 e. The van der Waals surface area contributed by atoms with Crippen molar-refractivity contribution < 1.29 is 17.2 Å². The molecule has 0 unspecified atom stereocenters. The van der Waals surface area contributed by atoms with Crippen LogP contribution in [0.1, 0.15) is 32.2 Å². The van der Waals surface area contributed by atoms with Crippen LogP contribution in [-0.2, 0) is 20.6 Å². The second kappa shape index (κ2) is 4.61. The fraction of sp³-hybridized carbons (Fsp3) is 0.500. The van der Waals surface area contributed by atoms with E-state index in [1.807, 2.05) is 20.8 Å². The number of alkyl halides is 3. The highest BCUT2D eigenvalue weighted by molar-refractivity contribution is 7.90. The van der Waals surface area contributed by atoms with E-state index in [0.29, 0.717) is 5.69 Å². The molecule has 2 heterocycles. The fourth-order valence-electron chi connectivity index (χ4n) is 1.73. The predicted molar refractivity (Wildman–Crippen MR) is 74.5 cm³/mol. The van der Waals surface area contributed by atoms with E-state index in [1.165, 1.54) is 10.6 Å². The minimum Gasteiger partial charge on any atom is -0.274 e. The number of rotatable bonds is 2. The van der Waals surface area contributed by atoms with Crippen molar-refractivity contribution in [2.24, 2.45) is 0 Å². The van der Waals surface area contributed by atoms with Gasteiger partial charge in [-0.05, 0) is 11.6 Å². The van der Waals surface area contributed by atoms with Gasteiger partial charge in [-0.3, -0.25) is 4.40 Å². The quantitative estimate of drug-likeness (QED) is 0.624. The van der Waals surface area contributed by atoms with Gasteiger partial charge in [-0.15, -0.1) is 0 Å². The Morgan fingerprint density at radius 2 is 1.76 bits per heavy atom. The lowest BCUT2D eigenvalue weighted by atomic mass is 9.93. The van der Waals surface area contributed by atoms with Crippen molar-refractivity contribution in [1.29, 1.82) is 0 Å². The molecule has 9 heteroatoms. The summed E-state index contributed by atoms with van der Waals surface area (Å²) in [5, 5.41) is -4.28. The molecular formula is C12H14ClF2N3O2S. The monoisotopic (exact) mass is 337 g/mol. The van der Waals surface area contributed by atoms with Crippen LogP contribution < -0.4 is 0 Å². The van der Waals surface area contributed by atoms with Crippen LogP contribution in [0.5, 0.6) is 0 Å². The third-order valence-electron chi connectivity index (χ3n) is 2.81. The summed E-state index contributed by atoms with van der Waals surface area (Å²) in [6.07, 6.45) is 2.37. The van der Waals surface area contributed by atoms with Crippen molar-refractivity contribution >= 4 is 27.1 Å². The van der Waals surface area contributed by atoms with Gasteiger partial charge in [0.2, 0.25) is 15.0 Å². The van der Waals surface area contributed by atoms with E-state index in [9.17, 15) is 17.2 Å². The Labute approximate surface area is 125 Å². The molecule has 0 aliphatic heterocycles. The van der Waals surface area contributed by atoms with Crippen molar-refractivity contribution in [2.75, 3.05) is 6.26 Å². The SMILES string of the molecule is CC(C)(C)c1cn2c(S(C)(=O)=O)nc(C(F)(F)Cl)cc2n1. The van der Waals surface area contributed by atoms with Crippen LogP contribution >= 0.6 is 11.6 Å². The molecule has 0 N–H and O–H groups in total. The topological polar surface area (TPSA) is 64.3 Å². The number of hydrogen-bond donors (Lipinski definition) is 0. The van der Waals surface area contributed by atoms with Crippen LogP contribution in [0.25, 0.3) is 5.65 Å². The Bertz CT molecular complexity index is 804. The summed E-state index contributed by atoms with van der Waals surface area (Å²) in [4.78, 5) is 7.69.